The average Bonchev–Trinajstić information content (AvgIpc) is 3.26. The maximum absolute atomic E-state index is 14.2. The number of carbonyl (C=O) groups excluding carboxylic acids is 1. The molecule has 1 aliphatic carbocycles. The Balaban J connectivity index is 1.65. The van der Waals surface area contributed by atoms with Gasteiger partial charge in [0.1, 0.15) is 23.7 Å². The van der Waals surface area contributed by atoms with Crippen LogP contribution in [0.1, 0.15) is 62.4 Å². The highest BCUT2D eigenvalue weighted by Gasteiger charge is 2.30. The van der Waals surface area contributed by atoms with E-state index in [0.29, 0.717) is 35.6 Å². The van der Waals surface area contributed by atoms with E-state index in [1.165, 1.54) is 26.2 Å². The van der Waals surface area contributed by atoms with E-state index in [-0.39, 0.29) is 18.2 Å². The lowest BCUT2D eigenvalue weighted by atomic mass is 9.83. The number of aliphatic hydroxyl groups is 2. The molecule has 1 saturated carbocycles. The second kappa shape index (κ2) is 9.84. The Bertz CT molecular complexity index is 1300. The predicted octanol–water partition coefficient (Wildman–Crippen LogP) is 3.24. The molecule has 3 aromatic rings. The minimum absolute atomic E-state index is 0.0371. The number of anilines is 1. The highest BCUT2D eigenvalue weighted by molar-refractivity contribution is 5.99. The first-order valence-electron chi connectivity index (χ1n) is 12.0. The molecule has 0 radical (unpaired) electrons. The summed E-state index contributed by atoms with van der Waals surface area (Å²) in [4.78, 5) is 21.8. The van der Waals surface area contributed by atoms with E-state index in [4.69, 9.17) is 5.26 Å². The molecule has 1 aliphatic rings. The van der Waals surface area contributed by atoms with Crippen molar-refractivity contribution in [2.45, 2.75) is 69.9 Å². The number of hydrogen-bond donors (Lipinski definition) is 4. The molecule has 0 aromatic carbocycles. The van der Waals surface area contributed by atoms with E-state index < -0.39 is 23.3 Å². The van der Waals surface area contributed by atoms with Crippen LogP contribution in [0.2, 0.25) is 0 Å². The SMILES string of the molecule is CC1(O)CCC(Nc2cc(-n3ccc4cc(C#N)cnc43)ncc2C(=O)NCC(F)C(C)(C)O)CC1. The van der Waals surface area contributed by atoms with E-state index in [1.54, 1.807) is 22.9 Å². The van der Waals surface area contributed by atoms with Crippen LogP contribution in [0.15, 0.2) is 36.8 Å². The highest BCUT2D eigenvalue weighted by Crippen LogP contribution is 2.31. The topological polar surface area (TPSA) is 136 Å². The van der Waals surface area contributed by atoms with Gasteiger partial charge in [-0.2, -0.15) is 5.26 Å². The Kier molecular flexibility index (Phi) is 6.98. The molecule has 10 heteroatoms. The molecule has 0 bridgehead atoms. The summed E-state index contributed by atoms with van der Waals surface area (Å²) in [5, 5.41) is 36.0. The number of fused-ring (bicyclic) bond motifs is 1. The zero-order chi connectivity index (χ0) is 26.1. The normalized spacial score (nSPS) is 21.1. The summed E-state index contributed by atoms with van der Waals surface area (Å²) in [5.74, 6) is 0.00401. The van der Waals surface area contributed by atoms with Crippen molar-refractivity contribution in [3.05, 3.63) is 47.9 Å². The minimum Gasteiger partial charge on any atom is -0.390 e. The van der Waals surface area contributed by atoms with Gasteiger partial charge in [-0.15, -0.1) is 0 Å². The molecule has 1 fully saturated rings. The van der Waals surface area contributed by atoms with Crippen molar-refractivity contribution in [1.29, 1.82) is 5.26 Å². The molecule has 3 aromatic heterocycles. The summed E-state index contributed by atoms with van der Waals surface area (Å²) in [6.07, 6.45) is 5.78. The maximum Gasteiger partial charge on any atom is 0.255 e. The number of nitrogens with zero attached hydrogens (tertiary/aromatic N) is 4. The molecule has 3 heterocycles. The predicted molar refractivity (Wildman–Crippen MR) is 134 cm³/mol. The third kappa shape index (κ3) is 5.64. The van der Waals surface area contributed by atoms with Gasteiger partial charge in [0.05, 0.1) is 34.6 Å². The molecule has 190 valence electrons. The van der Waals surface area contributed by atoms with Crippen LogP contribution in [0.3, 0.4) is 0 Å². The number of nitrogens with one attached hydrogen (secondary N) is 2. The number of alkyl halides is 1. The first-order valence-corrected chi connectivity index (χ1v) is 12.0. The summed E-state index contributed by atoms with van der Waals surface area (Å²) in [6, 6.07) is 7.43. The molecule has 4 N–H and O–H groups in total. The number of hydrogen-bond acceptors (Lipinski definition) is 7. The number of amides is 1. The zero-order valence-electron chi connectivity index (χ0n) is 20.6. The summed E-state index contributed by atoms with van der Waals surface area (Å²) in [5.41, 5.74) is -0.443. The van der Waals surface area contributed by atoms with Crippen LogP contribution < -0.4 is 10.6 Å². The van der Waals surface area contributed by atoms with E-state index >= 15 is 0 Å². The summed E-state index contributed by atoms with van der Waals surface area (Å²) >= 11 is 0. The van der Waals surface area contributed by atoms with Gasteiger partial charge in [0, 0.05) is 36.1 Å². The third-order valence-corrected chi connectivity index (χ3v) is 6.67. The van der Waals surface area contributed by atoms with E-state index in [1.807, 2.05) is 13.0 Å². The number of halogens is 1. The van der Waals surface area contributed by atoms with Crippen LogP contribution in [-0.4, -0.2) is 60.6 Å². The third-order valence-electron chi connectivity index (χ3n) is 6.67. The van der Waals surface area contributed by atoms with Gasteiger partial charge in [0.25, 0.3) is 5.91 Å². The molecular formula is C26H31FN6O3. The van der Waals surface area contributed by atoms with Crippen LogP contribution in [-0.2, 0) is 0 Å². The highest BCUT2D eigenvalue weighted by atomic mass is 19.1. The Morgan fingerprint density at radius 3 is 2.72 bits per heavy atom. The fraction of sp³-hybridized carbons (Fsp3) is 0.462. The Morgan fingerprint density at radius 2 is 2.06 bits per heavy atom. The van der Waals surface area contributed by atoms with Crippen molar-refractivity contribution in [3.63, 3.8) is 0 Å². The van der Waals surface area contributed by atoms with Gasteiger partial charge in [-0.1, -0.05) is 0 Å². The Morgan fingerprint density at radius 1 is 1.33 bits per heavy atom. The zero-order valence-corrected chi connectivity index (χ0v) is 20.6. The molecule has 4 rings (SSSR count). The van der Waals surface area contributed by atoms with Crippen molar-refractivity contribution in [2.75, 3.05) is 11.9 Å². The molecular weight excluding hydrogens is 463 g/mol. The summed E-state index contributed by atoms with van der Waals surface area (Å²) < 4.78 is 16.0. The molecule has 0 aliphatic heterocycles. The van der Waals surface area contributed by atoms with Crippen molar-refractivity contribution in [2.24, 2.45) is 0 Å². The number of carbonyl (C=O) groups is 1. The average molecular weight is 495 g/mol. The fourth-order valence-electron chi connectivity index (χ4n) is 4.28. The quantitative estimate of drug-likeness (QED) is 0.396. The van der Waals surface area contributed by atoms with E-state index in [0.717, 1.165) is 18.2 Å². The first kappa shape index (κ1) is 25.5. The Labute approximate surface area is 209 Å². The second-order valence-corrected chi connectivity index (χ2v) is 10.3. The largest absolute Gasteiger partial charge is 0.390 e. The summed E-state index contributed by atoms with van der Waals surface area (Å²) in [6.45, 7) is 4.17. The van der Waals surface area contributed by atoms with Gasteiger partial charge in [-0.25, -0.2) is 14.4 Å². The van der Waals surface area contributed by atoms with Gasteiger partial charge in [0.2, 0.25) is 0 Å². The molecule has 36 heavy (non-hydrogen) atoms. The van der Waals surface area contributed by atoms with Gasteiger partial charge < -0.3 is 20.8 Å². The van der Waals surface area contributed by atoms with E-state index in [2.05, 4.69) is 26.7 Å². The van der Waals surface area contributed by atoms with Gasteiger partial charge in [0.15, 0.2) is 0 Å². The van der Waals surface area contributed by atoms with Gasteiger partial charge >= 0.3 is 0 Å². The lowest BCUT2D eigenvalue weighted by molar-refractivity contribution is -0.00178. The lowest BCUT2D eigenvalue weighted by Crippen LogP contribution is -2.42. The van der Waals surface area contributed by atoms with Crippen LogP contribution in [0.5, 0.6) is 0 Å². The van der Waals surface area contributed by atoms with Crippen LogP contribution in [0.4, 0.5) is 10.1 Å². The molecule has 1 atom stereocenters. The summed E-state index contributed by atoms with van der Waals surface area (Å²) in [7, 11) is 0. The van der Waals surface area contributed by atoms with Crippen molar-refractivity contribution in [1.82, 2.24) is 19.9 Å². The van der Waals surface area contributed by atoms with Crippen LogP contribution >= 0.6 is 0 Å². The number of nitriles is 1. The van der Waals surface area contributed by atoms with Gasteiger partial charge in [-0.05, 0) is 58.6 Å². The smallest absolute Gasteiger partial charge is 0.255 e. The second-order valence-electron chi connectivity index (χ2n) is 10.3. The molecule has 0 spiro atoms. The van der Waals surface area contributed by atoms with Crippen molar-refractivity contribution >= 4 is 22.6 Å². The first-order chi connectivity index (χ1) is 17.0. The number of aromatic nitrogens is 3. The number of pyridine rings is 2. The van der Waals surface area contributed by atoms with Crippen molar-refractivity contribution in [3.8, 4) is 11.9 Å². The standard InChI is InChI=1S/C26H31FN6O3/c1-25(2,35)21(27)15-31-24(34)19-14-29-22(11-20(19)32-18-4-7-26(3,36)8-5-18)33-9-6-17-10-16(12-28)13-30-23(17)33/h6,9-11,13-14,18,21,35-36H,4-5,7-8,15H2,1-3H3,(H,29,32)(H,31,34). The molecule has 9 nitrogen and oxygen atoms in total. The molecule has 0 saturated heterocycles. The van der Waals surface area contributed by atoms with Crippen LogP contribution in [0.25, 0.3) is 16.9 Å². The fourth-order valence-corrected chi connectivity index (χ4v) is 4.28. The molecule has 1 amide bonds. The maximum atomic E-state index is 14.2. The van der Waals surface area contributed by atoms with E-state index in [9.17, 15) is 19.4 Å². The lowest BCUT2D eigenvalue weighted by Gasteiger charge is -2.34. The molecule has 1 unspecified atom stereocenters. The number of rotatable bonds is 7. The van der Waals surface area contributed by atoms with Gasteiger partial charge in [-0.3, -0.25) is 9.36 Å². The minimum atomic E-state index is -1.64. The van der Waals surface area contributed by atoms with Crippen LogP contribution in [0, 0.1) is 11.3 Å². The monoisotopic (exact) mass is 494 g/mol. The Hall–Kier alpha value is -3.55. The van der Waals surface area contributed by atoms with Crippen molar-refractivity contribution < 1.29 is 19.4 Å².